The second-order valence-corrected chi connectivity index (χ2v) is 8.20. The average Bonchev–Trinajstić information content (AvgIpc) is 3.41. The Hall–Kier alpha value is -2.04. The second kappa shape index (κ2) is 8.54. The molecule has 3 rings (SSSR count). The summed E-state index contributed by atoms with van der Waals surface area (Å²) in [6.45, 7) is 10.2. The van der Waals surface area contributed by atoms with E-state index in [2.05, 4.69) is 28.7 Å². The van der Waals surface area contributed by atoms with Crippen molar-refractivity contribution in [2.24, 2.45) is 16.8 Å². The van der Waals surface area contributed by atoms with E-state index in [9.17, 15) is 8.78 Å². The molecule has 0 saturated heterocycles. The van der Waals surface area contributed by atoms with Crippen molar-refractivity contribution in [2.75, 3.05) is 6.61 Å². The van der Waals surface area contributed by atoms with Gasteiger partial charge in [0, 0.05) is 47.8 Å². The Kier molecular flexibility index (Phi) is 6.31. The lowest BCUT2D eigenvalue weighted by atomic mass is 9.81. The fourth-order valence-corrected chi connectivity index (χ4v) is 3.92. The minimum Gasteiger partial charge on any atom is -0.477 e. The van der Waals surface area contributed by atoms with Gasteiger partial charge in [-0.05, 0) is 57.6 Å². The third kappa shape index (κ3) is 5.27. The summed E-state index contributed by atoms with van der Waals surface area (Å²) in [5.41, 5.74) is 3.86. The van der Waals surface area contributed by atoms with Crippen LogP contribution in [0.25, 0.3) is 0 Å². The van der Waals surface area contributed by atoms with Gasteiger partial charge in [-0.25, -0.2) is 13.8 Å². The summed E-state index contributed by atoms with van der Waals surface area (Å²) >= 11 is 0. The molecular weight excluding hydrogens is 358 g/mol. The number of aliphatic imine (C=N–C) groups is 1. The van der Waals surface area contributed by atoms with Gasteiger partial charge in [0.25, 0.3) is 0 Å². The summed E-state index contributed by atoms with van der Waals surface area (Å²) in [4.78, 5) is 9.02. The van der Waals surface area contributed by atoms with Crippen LogP contribution in [-0.2, 0) is 4.74 Å². The molecule has 1 aromatic heterocycles. The van der Waals surface area contributed by atoms with Crippen molar-refractivity contribution in [1.29, 1.82) is 0 Å². The maximum atomic E-state index is 13.5. The Bertz CT molecular complexity index is 757. The van der Waals surface area contributed by atoms with E-state index >= 15 is 0 Å². The first kappa shape index (κ1) is 20.7. The maximum Gasteiger partial charge on any atom is 0.248 e. The normalized spacial score (nSPS) is 25.5. The molecule has 0 amide bonds. The predicted octanol–water partition coefficient (Wildman–Crippen LogP) is 6.21. The Balaban J connectivity index is 1.63. The van der Waals surface area contributed by atoms with Gasteiger partial charge in [-0.1, -0.05) is 18.7 Å². The number of aryl methyl sites for hydroxylation is 1. The summed E-state index contributed by atoms with van der Waals surface area (Å²) < 4.78 is 33.2. The van der Waals surface area contributed by atoms with Crippen LogP contribution in [0, 0.1) is 18.8 Å². The standard InChI is InChI=1S/C23H30F2N2O/c1-5-19(17-8-10-23(24,25)11-9-17)22(27-15(2)3)28-14-18-12-20(18)21-7-6-16(4)13-26-21/h5-7,13,17-18,20H,2,8-12,14H2,1,3-4H3. The smallest absolute Gasteiger partial charge is 0.248 e. The van der Waals surface area contributed by atoms with E-state index in [0.29, 0.717) is 42.9 Å². The van der Waals surface area contributed by atoms with E-state index in [4.69, 9.17) is 4.74 Å². The van der Waals surface area contributed by atoms with Crippen LogP contribution >= 0.6 is 0 Å². The molecule has 0 spiro atoms. The van der Waals surface area contributed by atoms with E-state index in [0.717, 1.165) is 23.3 Å². The van der Waals surface area contributed by atoms with E-state index in [1.165, 1.54) is 0 Å². The largest absolute Gasteiger partial charge is 0.477 e. The fraction of sp³-hybridized carbons (Fsp3) is 0.565. The minimum atomic E-state index is -2.54. The lowest BCUT2D eigenvalue weighted by Gasteiger charge is -2.30. The quantitative estimate of drug-likeness (QED) is 0.429. The van der Waals surface area contributed by atoms with Gasteiger partial charge >= 0.3 is 0 Å². The van der Waals surface area contributed by atoms with Crippen molar-refractivity contribution in [3.8, 4) is 0 Å². The molecule has 2 fully saturated rings. The first-order chi connectivity index (χ1) is 13.3. The van der Waals surface area contributed by atoms with E-state index in [1.54, 1.807) is 0 Å². The Morgan fingerprint density at radius 1 is 1.36 bits per heavy atom. The minimum absolute atomic E-state index is 0.0662. The van der Waals surface area contributed by atoms with Crippen molar-refractivity contribution in [1.82, 2.24) is 4.98 Å². The van der Waals surface area contributed by atoms with E-state index in [1.807, 2.05) is 33.0 Å². The molecule has 2 atom stereocenters. The zero-order valence-electron chi connectivity index (χ0n) is 17.0. The lowest BCUT2D eigenvalue weighted by molar-refractivity contribution is -0.0418. The van der Waals surface area contributed by atoms with Gasteiger partial charge in [0.2, 0.25) is 11.8 Å². The molecule has 3 nitrogen and oxygen atoms in total. The highest BCUT2D eigenvalue weighted by Gasteiger charge is 2.41. The molecular formula is C23H30F2N2O. The van der Waals surface area contributed by atoms with Crippen LogP contribution < -0.4 is 0 Å². The number of rotatable bonds is 6. The highest BCUT2D eigenvalue weighted by atomic mass is 19.3. The lowest BCUT2D eigenvalue weighted by Crippen LogP contribution is -2.28. The van der Waals surface area contributed by atoms with Gasteiger partial charge in [-0.3, -0.25) is 4.98 Å². The van der Waals surface area contributed by atoms with Gasteiger partial charge in [0.05, 0.1) is 6.61 Å². The van der Waals surface area contributed by atoms with Crippen molar-refractivity contribution in [2.45, 2.75) is 64.7 Å². The number of hydrogen-bond acceptors (Lipinski definition) is 3. The molecule has 0 bridgehead atoms. The number of aromatic nitrogens is 1. The summed E-state index contributed by atoms with van der Waals surface area (Å²) in [7, 11) is 0. The van der Waals surface area contributed by atoms with Crippen LogP contribution in [-0.4, -0.2) is 23.4 Å². The first-order valence-corrected chi connectivity index (χ1v) is 10.1. The molecule has 0 N–H and O–H groups in total. The Morgan fingerprint density at radius 3 is 2.64 bits per heavy atom. The number of hydrogen-bond donors (Lipinski definition) is 0. The van der Waals surface area contributed by atoms with Crippen LogP contribution in [0.5, 0.6) is 0 Å². The summed E-state index contributed by atoms with van der Waals surface area (Å²) in [5, 5.41) is 0. The Labute approximate surface area is 166 Å². The number of pyridine rings is 1. The van der Waals surface area contributed by atoms with Crippen molar-refractivity contribution < 1.29 is 13.5 Å². The van der Waals surface area contributed by atoms with Crippen LogP contribution in [0.4, 0.5) is 8.78 Å². The van der Waals surface area contributed by atoms with Crippen molar-refractivity contribution in [3.63, 3.8) is 0 Å². The van der Waals surface area contributed by atoms with Gasteiger partial charge in [0.1, 0.15) is 0 Å². The summed E-state index contributed by atoms with van der Waals surface area (Å²) in [6.07, 6.45) is 5.70. The number of allylic oxidation sites excluding steroid dienone is 2. The van der Waals surface area contributed by atoms with Crippen LogP contribution in [0.1, 0.15) is 63.1 Å². The zero-order chi connectivity index (χ0) is 20.3. The van der Waals surface area contributed by atoms with Crippen molar-refractivity contribution >= 4 is 5.90 Å². The van der Waals surface area contributed by atoms with Gasteiger partial charge in [0.15, 0.2) is 0 Å². The van der Waals surface area contributed by atoms with Gasteiger partial charge < -0.3 is 4.74 Å². The third-order valence-corrected chi connectivity index (χ3v) is 5.68. The second-order valence-electron chi connectivity index (χ2n) is 8.20. The monoisotopic (exact) mass is 388 g/mol. The zero-order valence-corrected chi connectivity index (χ0v) is 17.0. The molecule has 0 aromatic carbocycles. The third-order valence-electron chi connectivity index (χ3n) is 5.68. The molecule has 28 heavy (non-hydrogen) atoms. The highest BCUT2D eigenvalue weighted by molar-refractivity contribution is 5.94. The van der Waals surface area contributed by atoms with Gasteiger partial charge in [-0.15, -0.1) is 0 Å². The van der Waals surface area contributed by atoms with E-state index in [-0.39, 0.29) is 18.8 Å². The molecule has 0 radical (unpaired) electrons. The van der Waals surface area contributed by atoms with E-state index < -0.39 is 5.92 Å². The first-order valence-electron chi connectivity index (χ1n) is 10.1. The molecule has 1 heterocycles. The summed E-state index contributed by atoms with van der Waals surface area (Å²) in [6, 6.07) is 4.17. The molecule has 2 aliphatic carbocycles. The molecule has 1 aromatic rings. The molecule has 2 unspecified atom stereocenters. The fourth-order valence-electron chi connectivity index (χ4n) is 3.92. The molecule has 152 valence electrons. The molecule has 2 saturated carbocycles. The highest BCUT2D eigenvalue weighted by Crippen LogP contribution is 2.47. The SMILES string of the molecule is C=C(C)N=C(OCC1CC1c1ccc(C)cn1)C(=CC)C1CCC(F)(F)CC1. The van der Waals surface area contributed by atoms with Crippen LogP contribution in [0.3, 0.4) is 0 Å². The number of nitrogens with zero attached hydrogens (tertiary/aromatic N) is 2. The summed E-state index contributed by atoms with van der Waals surface area (Å²) in [5.74, 6) is -1.08. The Morgan fingerprint density at radius 2 is 2.07 bits per heavy atom. The van der Waals surface area contributed by atoms with Crippen molar-refractivity contribution in [3.05, 3.63) is 53.5 Å². The maximum absolute atomic E-state index is 13.5. The van der Waals surface area contributed by atoms with Crippen LogP contribution in [0.15, 0.2) is 47.2 Å². The number of halogens is 2. The van der Waals surface area contributed by atoms with Crippen LogP contribution in [0.2, 0.25) is 0 Å². The molecule has 2 aliphatic rings. The number of alkyl halides is 2. The van der Waals surface area contributed by atoms with Gasteiger partial charge in [-0.2, -0.15) is 0 Å². The predicted molar refractivity (Wildman–Crippen MR) is 109 cm³/mol. The number of ether oxygens (including phenoxy) is 1. The molecule has 5 heteroatoms. The molecule has 0 aliphatic heterocycles. The average molecular weight is 389 g/mol. The topological polar surface area (TPSA) is 34.5 Å².